The summed E-state index contributed by atoms with van der Waals surface area (Å²) in [5.74, 6) is 0. The van der Waals surface area contributed by atoms with E-state index in [0.29, 0.717) is 12.9 Å². The number of rotatable bonds is 6. The SMILES string of the molecule is O=COC(CCBr)Cc1cscn1. The van der Waals surface area contributed by atoms with Crippen molar-refractivity contribution in [1.29, 1.82) is 0 Å². The van der Waals surface area contributed by atoms with Gasteiger partial charge in [0.1, 0.15) is 6.10 Å². The molecule has 0 bridgehead atoms. The number of ether oxygens (including phenoxy) is 1. The summed E-state index contributed by atoms with van der Waals surface area (Å²) in [4.78, 5) is 14.3. The van der Waals surface area contributed by atoms with Gasteiger partial charge in [-0.2, -0.15) is 0 Å². The molecule has 13 heavy (non-hydrogen) atoms. The molecule has 5 heteroatoms. The van der Waals surface area contributed by atoms with E-state index in [-0.39, 0.29) is 6.10 Å². The van der Waals surface area contributed by atoms with Crippen molar-refractivity contribution in [2.75, 3.05) is 5.33 Å². The van der Waals surface area contributed by atoms with Crippen LogP contribution in [0.15, 0.2) is 10.9 Å². The number of hydrogen-bond donors (Lipinski definition) is 0. The lowest BCUT2D eigenvalue weighted by Crippen LogP contribution is -2.16. The van der Waals surface area contributed by atoms with Gasteiger partial charge >= 0.3 is 0 Å². The van der Waals surface area contributed by atoms with Gasteiger partial charge in [-0.15, -0.1) is 11.3 Å². The smallest absolute Gasteiger partial charge is 0.293 e. The van der Waals surface area contributed by atoms with Gasteiger partial charge in [0.05, 0.1) is 11.2 Å². The van der Waals surface area contributed by atoms with Gasteiger partial charge in [0.2, 0.25) is 0 Å². The van der Waals surface area contributed by atoms with Crippen LogP contribution in [0.3, 0.4) is 0 Å². The lowest BCUT2D eigenvalue weighted by atomic mass is 10.2. The number of alkyl halides is 1. The fraction of sp³-hybridized carbons (Fsp3) is 0.500. The fourth-order valence-corrected chi connectivity index (χ4v) is 2.07. The fourth-order valence-electron chi connectivity index (χ4n) is 0.990. The quantitative estimate of drug-likeness (QED) is 0.582. The Morgan fingerprint density at radius 2 is 2.62 bits per heavy atom. The van der Waals surface area contributed by atoms with Crippen molar-refractivity contribution in [2.45, 2.75) is 18.9 Å². The van der Waals surface area contributed by atoms with E-state index >= 15 is 0 Å². The molecule has 0 radical (unpaired) electrons. The van der Waals surface area contributed by atoms with Crippen molar-refractivity contribution in [3.63, 3.8) is 0 Å². The van der Waals surface area contributed by atoms with E-state index < -0.39 is 0 Å². The molecule has 0 aliphatic carbocycles. The van der Waals surface area contributed by atoms with Gasteiger partial charge in [0, 0.05) is 17.1 Å². The normalized spacial score (nSPS) is 12.4. The number of halogens is 1. The van der Waals surface area contributed by atoms with Crippen LogP contribution in [0.5, 0.6) is 0 Å². The highest BCUT2D eigenvalue weighted by Gasteiger charge is 2.10. The second-order valence-electron chi connectivity index (χ2n) is 2.52. The van der Waals surface area contributed by atoms with Crippen molar-refractivity contribution in [3.05, 3.63) is 16.6 Å². The maximum atomic E-state index is 10.2. The summed E-state index contributed by atoms with van der Waals surface area (Å²) in [6.07, 6.45) is 1.46. The molecular formula is C8H10BrNO2S. The Kier molecular flexibility index (Phi) is 5.00. The van der Waals surface area contributed by atoms with Crippen LogP contribution in [0.2, 0.25) is 0 Å². The molecule has 1 aromatic heterocycles. The van der Waals surface area contributed by atoms with Crippen LogP contribution in [0, 0.1) is 0 Å². The molecule has 1 atom stereocenters. The Labute approximate surface area is 89.3 Å². The molecule has 0 aromatic carbocycles. The highest BCUT2D eigenvalue weighted by Crippen LogP contribution is 2.10. The molecule has 0 amide bonds. The lowest BCUT2D eigenvalue weighted by molar-refractivity contribution is -0.133. The van der Waals surface area contributed by atoms with Gasteiger partial charge in [-0.3, -0.25) is 4.79 Å². The monoisotopic (exact) mass is 263 g/mol. The summed E-state index contributed by atoms with van der Waals surface area (Å²) in [7, 11) is 0. The third kappa shape index (κ3) is 3.87. The zero-order chi connectivity index (χ0) is 9.52. The number of thiazole rings is 1. The molecule has 1 aromatic rings. The van der Waals surface area contributed by atoms with Crippen LogP contribution >= 0.6 is 27.3 Å². The molecule has 1 unspecified atom stereocenters. The van der Waals surface area contributed by atoms with E-state index in [1.807, 2.05) is 5.38 Å². The molecule has 0 fully saturated rings. The number of hydrogen-bond acceptors (Lipinski definition) is 4. The second-order valence-corrected chi connectivity index (χ2v) is 4.03. The first-order chi connectivity index (χ1) is 6.36. The number of carbonyl (C=O) groups is 1. The number of carbonyl (C=O) groups excluding carboxylic acids is 1. The molecule has 1 rings (SSSR count). The minimum atomic E-state index is -0.0565. The van der Waals surface area contributed by atoms with Gasteiger partial charge in [-0.05, 0) is 6.42 Å². The van der Waals surface area contributed by atoms with E-state index in [1.54, 1.807) is 16.8 Å². The first-order valence-corrected chi connectivity index (χ1v) is 5.95. The minimum Gasteiger partial charge on any atom is -0.464 e. The number of nitrogens with zero attached hydrogens (tertiary/aromatic N) is 1. The first kappa shape index (κ1) is 10.7. The predicted octanol–water partition coefficient (Wildman–Crippen LogP) is 2.01. The van der Waals surface area contributed by atoms with Crippen LogP contribution < -0.4 is 0 Å². The summed E-state index contributed by atoms with van der Waals surface area (Å²) in [5.41, 5.74) is 2.76. The Bertz CT molecular complexity index is 240. The van der Waals surface area contributed by atoms with Crippen LogP contribution in [-0.2, 0) is 16.0 Å². The van der Waals surface area contributed by atoms with Crippen molar-refractivity contribution >= 4 is 33.7 Å². The van der Waals surface area contributed by atoms with E-state index in [9.17, 15) is 4.79 Å². The average molecular weight is 264 g/mol. The van der Waals surface area contributed by atoms with Gasteiger partial charge in [-0.25, -0.2) is 4.98 Å². The molecule has 0 spiro atoms. The summed E-state index contributed by atoms with van der Waals surface area (Å²) < 4.78 is 4.91. The van der Waals surface area contributed by atoms with Crippen molar-refractivity contribution in [3.8, 4) is 0 Å². The van der Waals surface area contributed by atoms with Crippen molar-refractivity contribution in [1.82, 2.24) is 4.98 Å². The third-order valence-electron chi connectivity index (χ3n) is 1.60. The van der Waals surface area contributed by atoms with Crippen LogP contribution in [0.4, 0.5) is 0 Å². The lowest BCUT2D eigenvalue weighted by Gasteiger charge is -2.11. The maximum absolute atomic E-state index is 10.2. The number of aromatic nitrogens is 1. The molecule has 0 aliphatic heterocycles. The van der Waals surface area contributed by atoms with E-state index in [4.69, 9.17) is 4.74 Å². The Balaban J connectivity index is 2.42. The first-order valence-electron chi connectivity index (χ1n) is 3.89. The van der Waals surface area contributed by atoms with Gasteiger partial charge in [0.15, 0.2) is 0 Å². The van der Waals surface area contributed by atoms with Crippen molar-refractivity contribution in [2.24, 2.45) is 0 Å². The predicted molar refractivity (Wildman–Crippen MR) is 55.2 cm³/mol. The Morgan fingerprint density at radius 1 is 1.77 bits per heavy atom. The summed E-state index contributed by atoms with van der Waals surface area (Å²) in [5, 5.41) is 2.80. The molecule has 3 nitrogen and oxygen atoms in total. The average Bonchev–Trinajstić information content (AvgIpc) is 2.58. The van der Waals surface area contributed by atoms with Crippen LogP contribution in [0.1, 0.15) is 12.1 Å². The second kappa shape index (κ2) is 6.10. The standard InChI is InChI=1S/C8H10BrNO2S/c9-2-1-8(12-6-11)3-7-4-13-5-10-7/h4-6,8H,1-3H2. The molecule has 0 saturated carbocycles. The van der Waals surface area contributed by atoms with Gasteiger partial charge in [-0.1, -0.05) is 15.9 Å². The van der Waals surface area contributed by atoms with E-state index in [2.05, 4.69) is 20.9 Å². The summed E-state index contributed by atoms with van der Waals surface area (Å²) >= 11 is 4.86. The Hall–Kier alpha value is -0.420. The molecule has 0 N–H and O–H groups in total. The largest absolute Gasteiger partial charge is 0.464 e. The van der Waals surface area contributed by atoms with Crippen LogP contribution in [-0.4, -0.2) is 22.9 Å². The Morgan fingerprint density at radius 3 is 3.15 bits per heavy atom. The molecule has 1 heterocycles. The molecule has 0 saturated heterocycles. The molecule has 72 valence electrons. The van der Waals surface area contributed by atoms with E-state index in [1.165, 1.54) is 0 Å². The van der Waals surface area contributed by atoms with Gasteiger partial charge < -0.3 is 4.74 Å². The highest BCUT2D eigenvalue weighted by atomic mass is 79.9. The minimum absolute atomic E-state index is 0.0565. The van der Waals surface area contributed by atoms with Gasteiger partial charge in [0.25, 0.3) is 6.47 Å². The zero-order valence-electron chi connectivity index (χ0n) is 6.98. The highest BCUT2D eigenvalue weighted by molar-refractivity contribution is 9.09. The molecule has 0 aliphatic rings. The van der Waals surface area contributed by atoms with E-state index in [0.717, 1.165) is 17.4 Å². The third-order valence-corrected chi connectivity index (χ3v) is 2.69. The van der Waals surface area contributed by atoms with Crippen LogP contribution in [0.25, 0.3) is 0 Å². The maximum Gasteiger partial charge on any atom is 0.293 e. The van der Waals surface area contributed by atoms with Crippen molar-refractivity contribution < 1.29 is 9.53 Å². The topological polar surface area (TPSA) is 39.2 Å². The summed E-state index contributed by atoms with van der Waals surface area (Å²) in [6, 6.07) is 0. The summed E-state index contributed by atoms with van der Waals surface area (Å²) in [6.45, 7) is 0.500. The molecular weight excluding hydrogens is 254 g/mol. The zero-order valence-corrected chi connectivity index (χ0v) is 9.38.